The highest BCUT2D eigenvalue weighted by molar-refractivity contribution is 5.35. The Morgan fingerprint density at radius 3 is 1.85 bits per heavy atom. The average Bonchev–Trinajstić information content (AvgIpc) is 2.89. The molecule has 11 heteroatoms. The maximum atomic E-state index is 14.8. The quantitative estimate of drug-likeness (QED) is 0.222. The van der Waals surface area contributed by atoms with E-state index in [2.05, 4.69) is 31.6 Å². The van der Waals surface area contributed by atoms with Gasteiger partial charge < -0.3 is 9.47 Å². The van der Waals surface area contributed by atoms with E-state index in [-0.39, 0.29) is 30.9 Å². The van der Waals surface area contributed by atoms with Crippen LogP contribution in [0.15, 0.2) is 36.7 Å². The fourth-order valence-electron chi connectivity index (χ4n) is 5.56. The summed E-state index contributed by atoms with van der Waals surface area (Å²) in [5.41, 5.74) is 1.05. The summed E-state index contributed by atoms with van der Waals surface area (Å²) in [5.74, 6) is -5.20. The van der Waals surface area contributed by atoms with Crippen molar-refractivity contribution in [2.24, 2.45) is 23.7 Å². The fraction of sp³-hybridized carbons (Fsp3) is 0.586. The molecule has 2 aromatic rings. The van der Waals surface area contributed by atoms with Crippen LogP contribution in [0.5, 0.6) is 11.5 Å². The zero-order valence-electron chi connectivity index (χ0n) is 22.2. The third-order valence-electron chi connectivity index (χ3n) is 7.85. The minimum Gasteiger partial charge on any atom is -0.432 e. The Labute approximate surface area is 229 Å². The smallest absolute Gasteiger partial charge is 0.432 e. The molecular weight excluding hydrogens is 541 g/mol. The fourth-order valence-corrected chi connectivity index (χ4v) is 5.56. The number of benzene rings is 1. The number of halogens is 7. The molecule has 0 spiro atoms. The lowest BCUT2D eigenvalue weighted by Crippen LogP contribution is -2.37. The highest BCUT2D eigenvalue weighted by Gasteiger charge is 2.44. The predicted octanol–water partition coefficient (Wildman–Crippen LogP) is 8.74. The highest BCUT2D eigenvalue weighted by atomic mass is 19.4. The van der Waals surface area contributed by atoms with Crippen LogP contribution < -0.4 is 9.47 Å². The van der Waals surface area contributed by atoms with E-state index in [9.17, 15) is 30.7 Å². The lowest BCUT2D eigenvalue weighted by molar-refractivity contribution is -0.276. The molecule has 0 aliphatic heterocycles. The van der Waals surface area contributed by atoms with Gasteiger partial charge in [0, 0.05) is 30.9 Å². The van der Waals surface area contributed by atoms with Crippen molar-refractivity contribution >= 4 is 0 Å². The van der Waals surface area contributed by atoms with E-state index in [1.165, 1.54) is 0 Å². The Kier molecular flexibility index (Phi) is 9.61. The Balaban J connectivity index is 1.20. The van der Waals surface area contributed by atoms with Gasteiger partial charge in [0.25, 0.3) is 0 Å². The summed E-state index contributed by atoms with van der Waals surface area (Å²) in [6.45, 7) is 1.97. The normalized spacial score (nSPS) is 24.3. The maximum absolute atomic E-state index is 14.8. The molecule has 2 fully saturated rings. The van der Waals surface area contributed by atoms with Gasteiger partial charge in [0.05, 0.1) is 5.92 Å². The van der Waals surface area contributed by atoms with Crippen LogP contribution in [0.1, 0.15) is 69.2 Å². The third-order valence-corrected chi connectivity index (χ3v) is 7.85. The number of alkyl halides is 5. The van der Waals surface area contributed by atoms with Crippen LogP contribution in [0.3, 0.4) is 0 Å². The standard InChI is InChI=1S/C29H33F7N2O2/c1-18-16-37-26(38-17-18)13-10-20-5-2-19(3-6-20)4-7-21-8-11-22(12-9-21)28(32,33)39-23-14-24(30)27(25(31)15-23)40-29(34,35)36/h4,7,14-17,19-22H,2-3,5-6,8-13H2,1H3/b7-4+. The molecule has 1 aromatic carbocycles. The zero-order valence-corrected chi connectivity index (χ0v) is 22.2. The third kappa shape index (κ3) is 8.57. The van der Waals surface area contributed by atoms with Crippen molar-refractivity contribution in [3.05, 3.63) is 59.7 Å². The molecule has 2 aliphatic carbocycles. The van der Waals surface area contributed by atoms with Crippen LogP contribution in [0, 0.1) is 42.2 Å². The van der Waals surface area contributed by atoms with Gasteiger partial charge in [-0.05, 0) is 88.0 Å². The molecular formula is C29H33F7N2O2. The topological polar surface area (TPSA) is 44.2 Å². The summed E-state index contributed by atoms with van der Waals surface area (Å²) in [5, 5.41) is 0. The summed E-state index contributed by atoms with van der Waals surface area (Å²) >= 11 is 0. The van der Waals surface area contributed by atoms with Gasteiger partial charge in [-0.1, -0.05) is 12.2 Å². The number of allylic oxidation sites excluding steroid dienone is 2. The molecule has 0 N–H and O–H groups in total. The second kappa shape index (κ2) is 12.8. The van der Waals surface area contributed by atoms with Crippen molar-refractivity contribution in [1.82, 2.24) is 9.97 Å². The van der Waals surface area contributed by atoms with E-state index >= 15 is 0 Å². The molecule has 0 saturated heterocycles. The van der Waals surface area contributed by atoms with Crippen LogP contribution in [0.25, 0.3) is 0 Å². The predicted molar refractivity (Wildman–Crippen MR) is 134 cm³/mol. The first-order chi connectivity index (χ1) is 18.9. The molecule has 1 aromatic heterocycles. The molecule has 1 heterocycles. The lowest BCUT2D eigenvalue weighted by Gasteiger charge is -2.32. The van der Waals surface area contributed by atoms with E-state index in [1.807, 2.05) is 19.3 Å². The number of hydrogen-bond donors (Lipinski definition) is 0. The van der Waals surface area contributed by atoms with Gasteiger partial charge >= 0.3 is 12.5 Å². The molecule has 0 bridgehead atoms. The number of ether oxygens (including phenoxy) is 2. The molecule has 0 unspecified atom stereocenters. The van der Waals surface area contributed by atoms with Crippen LogP contribution in [0.2, 0.25) is 0 Å². The monoisotopic (exact) mass is 574 g/mol. The van der Waals surface area contributed by atoms with Gasteiger partial charge in [0.15, 0.2) is 11.6 Å². The molecule has 220 valence electrons. The molecule has 0 atom stereocenters. The number of aryl methyl sites for hydroxylation is 2. The van der Waals surface area contributed by atoms with E-state index in [0.29, 0.717) is 24.7 Å². The Hall–Kier alpha value is -2.85. The van der Waals surface area contributed by atoms with E-state index in [4.69, 9.17) is 0 Å². The van der Waals surface area contributed by atoms with E-state index in [0.717, 1.165) is 49.9 Å². The van der Waals surface area contributed by atoms with Gasteiger partial charge in [-0.15, -0.1) is 13.2 Å². The van der Waals surface area contributed by atoms with Crippen LogP contribution >= 0.6 is 0 Å². The zero-order chi connectivity index (χ0) is 28.9. The van der Waals surface area contributed by atoms with Gasteiger partial charge in [-0.25, -0.2) is 18.7 Å². The van der Waals surface area contributed by atoms with Crippen molar-refractivity contribution in [1.29, 1.82) is 0 Å². The van der Waals surface area contributed by atoms with Crippen molar-refractivity contribution in [2.75, 3.05) is 0 Å². The molecule has 2 saturated carbocycles. The SMILES string of the molecule is Cc1cnc(CCC2CCC(/C=C/C3CCC(C(F)(F)Oc4cc(F)c(OC(F)(F)F)c(F)c4)CC3)CC2)nc1. The minimum atomic E-state index is -5.34. The Bertz CT molecular complexity index is 1120. The van der Waals surface area contributed by atoms with E-state index < -0.39 is 41.5 Å². The van der Waals surface area contributed by atoms with Crippen LogP contribution in [-0.4, -0.2) is 22.4 Å². The van der Waals surface area contributed by atoms with Crippen molar-refractivity contribution in [3.8, 4) is 11.5 Å². The van der Waals surface area contributed by atoms with Gasteiger partial charge in [-0.2, -0.15) is 8.78 Å². The van der Waals surface area contributed by atoms with Gasteiger partial charge in [0.2, 0.25) is 5.75 Å². The number of hydrogen-bond acceptors (Lipinski definition) is 4. The second-order valence-corrected chi connectivity index (χ2v) is 10.9. The number of aromatic nitrogens is 2. The molecule has 0 amide bonds. The molecule has 0 radical (unpaired) electrons. The average molecular weight is 575 g/mol. The van der Waals surface area contributed by atoms with Crippen molar-refractivity contribution in [2.45, 2.75) is 83.6 Å². The summed E-state index contributed by atoms with van der Waals surface area (Å²) < 4.78 is 102. The Morgan fingerprint density at radius 2 is 1.32 bits per heavy atom. The number of rotatable bonds is 9. The maximum Gasteiger partial charge on any atom is 0.573 e. The molecule has 4 nitrogen and oxygen atoms in total. The molecule has 4 rings (SSSR count). The molecule has 40 heavy (non-hydrogen) atoms. The minimum absolute atomic E-state index is 0.149. The first-order valence-corrected chi connectivity index (χ1v) is 13.7. The van der Waals surface area contributed by atoms with Gasteiger partial charge in [-0.3, -0.25) is 0 Å². The lowest BCUT2D eigenvalue weighted by atomic mass is 9.78. The van der Waals surface area contributed by atoms with Crippen LogP contribution in [0.4, 0.5) is 30.7 Å². The van der Waals surface area contributed by atoms with E-state index in [1.54, 1.807) is 0 Å². The van der Waals surface area contributed by atoms with Crippen LogP contribution in [-0.2, 0) is 6.42 Å². The van der Waals surface area contributed by atoms with Gasteiger partial charge in [0.1, 0.15) is 11.6 Å². The Morgan fingerprint density at radius 1 is 0.800 bits per heavy atom. The summed E-state index contributed by atoms with van der Waals surface area (Å²) in [4.78, 5) is 8.75. The second-order valence-electron chi connectivity index (χ2n) is 10.9. The summed E-state index contributed by atoms with van der Waals surface area (Å²) in [7, 11) is 0. The first kappa shape index (κ1) is 30.1. The summed E-state index contributed by atoms with van der Waals surface area (Å²) in [6.07, 6.45) is 6.72. The van der Waals surface area contributed by atoms with Crippen molar-refractivity contribution in [3.63, 3.8) is 0 Å². The summed E-state index contributed by atoms with van der Waals surface area (Å²) in [6, 6.07) is 0.523. The van der Waals surface area contributed by atoms with Crippen molar-refractivity contribution < 1.29 is 40.2 Å². The highest BCUT2D eigenvalue weighted by Crippen LogP contribution is 2.42. The first-order valence-electron chi connectivity index (χ1n) is 13.7. The molecule has 2 aliphatic rings. The largest absolute Gasteiger partial charge is 0.573 e. The number of nitrogens with zero attached hydrogens (tertiary/aromatic N) is 2.